The van der Waals surface area contributed by atoms with E-state index in [-0.39, 0.29) is 18.2 Å². The quantitative estimate of drug-likeness (QED) is 0.635. The minimum Gasteiger partial charge on any atom is -0.492 e. The number of halogens is 2. The lowest BCUT2D eigenvalue weighted by molar-refractivity contribution is -0.0226. The van der Waals surface area contributed by atoms with E-state index in [2.05, 4.69) is 9.62 Å². The molecule has 0 aliphatic carbocycles. The number of nitrogens with zero attached hydrogens (tertiary/aromatic N) is 1. The first-order valence-electron chi connectivity index (χ1n) is 9.61. The van der Waals surface area contributed by atoms with Gasteiger partial charge in [0.2, 0.25) is 10.0 Å². The molecule has 0 bridgehead atoms. The Hall–Kier alpha value is -1.87. The predicted molar refractivity (Wildman–Crippen MR) is 118 cm³/mol. The topological polar surface area (TPSA) is 78.9 Å². The van der Waals surface area contributed by atoms with Crippen molar-refractivity contribution in [1.29, 1.82) is 0 Å². The van der Waals surface area contributed by atoms with Crippen molar-refractivity contribution in [2.45, 2.75) is 24.9 Å². The van der Waals surface area contributed by atoms with Crippen LogP contribution in [0.25, 0.3) is 0 Å². The standard InChI is InChI=1S/C21H27FN2O4S.ClH/c1-29(26,27)23-19-6-8-20(9-7-19)28-15-14-24-12-10-21(25,11-13-24)16-17-2-4-18(22)5-3-17;/h2-9,23,25H,10-16H2,1H3;1H. The highest BCUT2D eigenvalue weighted by atomic mass is 35.5. The van der Waals surface area contributed by atoms with Crippen molar-refractivity contribution in [3.8, 4) is 5.75 Å². The summed E-state index contributed by atoms with van der Waals surface area (Å²) in [6.45, 7) is 2.81. The van der Waals surface area contributed by atoms with Crippen LogP contribution in [0.15, 0.2) is 48.5 Å². The summed E-state index contributed by atoms with van der Waals surface area (Å²) in [6.07, 6.45) is 2.97. The fraction of sp³-hybridized carbons (Fsp3) is 0.429. The molecule has 0 amide bonds. The third-order valence-corrected chi connectivity index (χ3v) is 5.67. The number of anilines is 1. The number of aliphatic hydroxyl groups is 1. The molecule has 2 N–H and O–H groups in total. The van der Waals surface area contributed by atoms with E-state index in [1.807, 2.05) is 0 Å². The molecule has 0 atom stereocenters. The lowest BCUT2D eigenvalue weighted by Gasteiger charge is -2.38. The van der Waals surface area contributed by atoms with Crippen molar-refractivity contribution in [2.75, 3.05) is 37.2 Å². The minimum atomic E-state index is -3.29. The van der Waals surface area contributed by atoms with Crippen molar-refractivity contribution in [2.24, 2.45) is 0 Å². The molecule has 0 unspecified atom stereocenters. The summed E-state index contributed by atoms with van der Waals surface area (Å²) in [5, 5.41) is 10.8. The van der Waals surface area contributed by atoms with E-state index in [0.29, 0.717) is 37.3 Å². The van der Waals surface area contributed by atoms with Crippen LogP contribution in [0.4, 0.5) is 10.1 Å². The lowest BCUT2D eigenvalue weighted by Crippen LogP contribution is -2.46. The second-order valence-corrected chi connectivity index (χ2v) is 9.36. The molecular formula is C21H28ClFN2O4S. The van der Waals surface area contributed by atoms with E-state index in [9.17, 15) is 17.9 Å². The molecule has 166 valence electrons. The van der Waals surface area contributed by atoms with Crippen LogP contribution in [0.1, 0.15) is 18.4 Å². The molecule has 0 radical (unpaired) electrons. The van der Waals surface area contributed by atoms with Crippen LogP contribution < -0.4 is 9.46 Å². The molecule has 1 saturated heterocycles. The first kappa shape index (κ1) is 24.4. The maximum absolute atomic E-state index is 13.0. The molecule has 30 heavy (non-hydrogen) atoms. The van der Waals surface area contributed by atoms with Gasteiger partial charge in [-0.15, -0.1) is 12.4 Å². The lowest BCUT2D eigenvalue weighted by atomic mass is 9.85. The molecule has 2 aromatic carbocycles. The van der Waals surface area contributed by atoms with Crippen LogP contribution in [0.2, 0.25) is 0 Å². The van der Waals surface area contributed by atoms with Crippen molar-refractivity contribution in [3.63, 3.8) is 0 Å². The Morgan fingerprint density at radius 2 is 1.70 bits per heavy atom. The van der Waals surface area contributed by atoms with Gasteiger partial charge in [-0.3, -0.25) is 9.62 Å². The van der Waals surface area contributed by atoms with E-state index < -0.39 is 15.6 Å². The van der Waals surface area contributed by atoms with E-state index in [0.717, 1.165) is 31.5 Å². The molecule has 2 aromatic rings. The second-order valence-electron chi connectivity index (χ2n) is 7.62. The molecule has 0 saturated carbocycles. The van der Waals surface area contributed by atoms with Crippen molar-refractivity contribution < 1.29 is 22.7 Å². The zero-order valence-electron chi connectivity index (χ0n) is 16.9. The molecule has 9 heteroatoms. The third-order valence-electron chi connectivity index (χ3n) is 5.07. The SMILES string of the molecule is CS(=O)(=O)Nc1ccc(OCCN2CCC(O)(Cc3ccc(F)cc3)CC2)cc1.Cl. The van der Waals surface area contributed by atoms with Crippen LogP contribution in [0, 0.1) is 5.82 Å². The van der Waals surface area contributed by atoms with Crippen LogP contribution in [-0.4, -0.2) is 56.5 Å². The van der Waals surface area contributed by atoms with Gasteiger partial charge in [-0.1, -0.05) is 12.1 Å². The van der Waals surface area contributed by atoms with Crippen molar-refractivity contribution in [1.82, 2.24) is 4.90 Å². The Labute approximate surface area is 183 Å². The van der Waals surface area contributed by atoms with Gasteiger partial charge < -0.3 is 9.84 Å². The number of hydrogen-bond donors (Lipinski definition) is 2. The summed E-state index contributed by atoms with van der Waals surface area (Å²) in [6, 6.07) is 13.1. The predicted octanol–water partition coefficient (Wildman–Crippen LogP) is 3.07. The zero-order valence-corrected chi connectivity index (χ0v) is 18.5. The monoisotopic (exact) mass is 458 g/mol. The number of ether oxygens (including phenoxy) is 1. The maximum Gasteiger partial charge on any atom is 0.229 e. The second kappa shape index (κ2) is 10.4. The molecule has 0 spiro atoms. The smallest absolute Gasteiger partial charge is 0.229 e. The largest absolute Gasteiger partial charge is 0.492 e. The third kappa shape index (κ3) is 7.75. The van der Waals surface area contributed by atoms with Crippen LogP contribution in [0.3, 0.4) is 0 Å². The highest BCUT2D eigenvalue weighted by Crippen LogP contribution is 2.26. The number of likely N-dealkylation sites (tertiary alicyclic amines) is 1. The average Bonchev–Trinajstić information content (AvgIpc) is 2.66. The number of nitrogens with one attached hydrogen (secondary N) is 1. The molecule has 3 rings (SSSR count). The summed E-state index contributed by atoms with van der Waals surface area (Å²) in [7, 11) is -3.29. The highest BCUT2D eigenvalue weighted by molar-refractivity contribution is 7.92. The van der Waals surface area contributed by atoms with Crippen molar-refractivity contribution >= 4 is 28.1 Å². The Morgan fingerprint density at radius 3 is 2.27 bits per heavy atom. The molecular weight excluding hydrogens is 431 g/mol. The van der Waals surface area contributed by atoms with Gasteiger partial charge in [0.05, 0.1) is 11.9 Å². The van der Waals surface area contributed by atoms with Gasteiger partial charge in [0.25, 0.3) is 0 Å². The molecule has 1 heterocycles. The van der Waals surface area contributed by atoms with Gasteiger partial charge in [0.1, 0.15) is 18.2 Å². The minimum absolute atomic E-state index is 0. The normalized spacial score (nSPS) is 16.5. The highest BCUT2D eigenvalue weighted by Gasteiger charge is 2.32. The Morgan fingerprint density at radius 1 is 1.10 bits per heavy atom. The number of benzene rings is 2. The summed E-state index contributed by atoms with van der Waals surface area (Å²) < 4.78 is 43.6. The van der Waals surface area contributed by atoms with Gasteiger partial charge >= 0.3 is 0 Å². The van der Waals surface area contributed by atoms with Gasteiger partial charge in [0.15, 0.2) is 0 Å². The summed E-state index contributed by atoms with van der Waals surface area (Å²) >= 11 is 0. The number of piperidine rings is 1. The van der Waals surface area contributed by atoms with E-state index in [4.69, 9.17) is 4.74 Å². The fourth-order valence-corrected chi connectivity index (χ4v) is 4.04. The molecule has 6 nitrogen and oxygen atoms in total. The molecule has 1 aliphatic heterocycles. The maximum atomic E-state index is 13.0. The van der Waals surface area contributed by atoms with E-state index in [1.165, 1.54) is 12.1 Å². The van der Waals surface area contributed by atoms with E-state index in [1.54, 1.807) is 36.4 Å². The van der Waals surface area contributed by atoms with Crippen LogP contribution in [-0.2, 0) is 16.4 Å². The van der Waals surface area contributed by atoms with Gasteiger partial charge in [0, 0.05) is 31.7 Å². The first-order chi connectivity index (χ1) is 13.7. The summed E-state index contributed by atoms with van der Waals surface area (Å²) in [5.41, 5.74) is 0.688. The summed E-state index contributed by atoms with van der Waals surface area (Å²) in [5.74, 6) is 0.408. The van der Waals surface area contributed by atoms with Crippen LogP contribution >= 0.6 is 12.4 Å². The van der Waals surface area contributed by atoms with Crippen molar-refractivity contribution in [3.05, 3.63) is 59.9 Å². The molecule has 1 fully saturated rings. The van der Waals surface area contributed by atoms with E-state index >= 15 is 0 Å². The van der Waals surface area contributed by atoms with Gasteiger partial charge in [-0.2, -0.15) is 0 Å². The van der Waals surface area contributed by atoms with Crippen LogP contribution in [0.5, 0.6) is 5.75 Å². The Kier molecular flexibility index (Phi) is 8.49. The Balaban J connectivity index is 0.00000320. The summed E-state index contributed by atoms with van der Waals surface area (Å²) in [4.78, 5) is 2.25. The number of hydrogen-bond acceptors (Lipinski definition) is 5. The Bertz CT molecular complexity index is 900. The van der Waals surface area contributed by atoms with Gasteiger partial charge in [-0.25, -0.2) is 12.8 Å². The number of sulfonamides is 1. The molecule has 0 aromatic heterocycles. The average molecular weight is 459 g/mol. The first-order valence-corrected chi connectivity index (χ1v) is 11.5. The number of rotatable bonds is 8. The molecule has 1 aliphatic rings. The zero-order chi connectivity index (χ0) is 20.9. The fourth-order valence-electron chi connectivity index (χ4n) is 3.48. The van der Waals surface area contributed by atoms with Gasteiger partial charge in [-0.05, 0) is 54.8 Å².